The summed E-state index contributed by atoms with van der Waals surface area (Å²) in [5.41, 5.74) is 14.7. The van der Waals surface area contributed by atoms with Crippen molar-refractivity contribution >= 4 is 53.9 Å². The molecule has 1 aliphatic carbocycles. The molecule has 0 aliphatic heterocycles. The van der Waals surface area contributed by atoms with Gasteiger partial charge >= 0.3 is 0 Å². The fourth-order valence-electron chi connectivity index (χ4n) is 11.4. The summed E-state index contributed by atoms with van der Waals surface area (Å²) < 4.78 is 0. The third-order valence-electron chi connectivity index (χ3n) is 13.9. The second kappa shape index (κ2) is 14.0. The molecule has 0 nitrogen and oxygen atoms in total. The van der Waals surface area contributed by atoms with E-state index in [-0.39, 0.29) is 0 Å². The van der Waals surface area contributed by atoms with E-state index >= 15 is 0 Å². The van der Waals surface area contributed by atoms with Gasteiger partial charge in [0.2, 0.25) is 0 Å². The second-order valence-corrected chi connectivity index (χ2v) is 17.0. The average molecular weight is 797 g/mol. The quantitative estimate of drug-likeness (QED) is 0.120. The minimum atomic E-state index is -0.604. The molecule has 13 rings (SSSR count). The first-order valence-electron chi connectivity index (χ1n) is 22.0. The van der Waals surface area contributed by atoms with Gasteiger partial charge < -0.3 is 0 Å². The molecule has 0 radical (unpaired) electrons. The Hall–Kier alpha value is -8.06. The maximum atomic E-state index is 2.56. The summed E-state index contributed by atoms with van der Waals surface area (Å²) in [4.78, 5) is 0. The Labute approximate surface area is 367 Å². The average Bonchev–Trinajstić information content (AvgIpc) is 3.68. The fraction of sp³-hybridized carbons (Fsp3) is 0.0159. The van der Waals surface area contributed by atoms with E-state index in [4.69, 9.17) is 0 Å². The molecule has 0 bridgehead atoms. The summed E-state index contributed by atoms with van der Waals surface area (Å²) in [6.07, 6.45) is 0. The van der Waals surface area contributed by atoms with Gasteiger partial charge in [0.1, 0.15) is 0 Å². The van der Waals surface area contributed by atoms with Crippen LogP contribution in [0.25, 0.3) is 98.4 Å². The molecule has 12 aromatic rings. The fourth-order valence-corrected chi connectivity index (χ4v) is 11.4. The van der Waals surface area contributed by atoms with Crippen LogP contribution in [0, 0.1) is 0 Å². The van der Waals surface area contributed by atoms with Crippen molar-refractivity contribution in [2.45, 2.75) is 5.41 Å². The van der Waals surface area contributed by atoms with E-state index in [0.29, 0.717) is 0 Å². The Morgan fingerprint density at radius 1 is 0.222 bits per heavy atom. The number of rotatable bonds is 5. The van der Waals surface area contributed by atoms with Gasteiger partial charge in [-0.3, -0.25) is 0 Å². The van der Waals surface area contributed by atoms with E-state index in [9.17, 15) is 0 Å². The highest BCUT2D eigenvalue weighted by Gasteiger charge is 2.49. The number of fused-ring (bicyclic) bond motifs is 12. The number of hydrogen-bond donors (Lipinski definition) is 0. The van der Waals surface area contributed by atoms with Gasteiger partial charge in [-0.05, 0) is 133 Å². The van der Waals surface area contributed by atoms with Gasteiger partial charge in [0, 0.05) is 0 Å². The molecular formula is C63H40. The molecule has 0 spiro atoms. The van der Waals surface area contributed by atoms with Gasteiger partial charge in [0.25, 0.3) is 0 Å². The van der Waals surface area contributed by atoms with Crippen molar-refractivity contribution in [3.63, 3.8) is 0 Å². The minimum absolute atomic E-state index is 0.604. The zero-order valence-electron chi connectivity index (χ0n) is 34.6. The summed E-state index contributed by atoms with van der Waals surface area (Å²) in [6.45, 7) is 0. The molecule has 12 aromatic carbocycles. The summed E-state index contributed by atoms with van der Waals surface area (Å²) in [6, 6.07) is 90.5. The van der Waals surface area contributed by atoms with Crippen LogP contribution in [0.2, 0.25) is 0 Å². The molecule has 0 aromatic heterocycles. The smallest absolute Gasteiger partial charge is 0.0622 e. The highest BCUT2D eigenvalue weighted by Crippen LogP contribution is 2.62. The summed E-state index contributed by atoms with van der Waals surface area (Å²) >= 11 is 0. The Morgan fingerprint density at radius 2 is 0.587 bits per heavy atom. The molecule has 0 heteroatoms. The van der Waals surface area contributed by atoms with E-state index < -0.39 is 5.41 Å². The van der Waals surface area contributed by atoms with Crippen LogP contribution in [-0.4, -0.2) is 0 Å². The van der Waals surface area contributed by atoms with Crippen molar-refractivity contribution in [1.29, 1.82) is 0 Å². The molecule has 0 N–H and O–H groups in total. The standard InChI is InChI=1S/C63H40/c1-4-21-41(22-5-1)58-51-34-15-17-36-53(51)59(54-37-18-16-35-52(54)58)43-24-20-23-42(39-43)56-40-57-60(49-32-13-11-31-48(49)56)61-50-33-14-10-29-46(50)47-30-12-19-38-55(47)62(61)63(57,44-25-6-2-7-26-44)45-27-8-3-9-28-45/h1-40H. The molecule has 1 aliphatic rings. The van der Waals surface area contributed by atoms with Crippen molar-refractivity contribution in [3.8, 4) is 44.5 Å². The highest BCUT2D eigenvalue weighted by atomic mass is 14.5. The summed E-state index contributed by atoms with van der Waals surface area (Å²) in [5, 5.41) is 12.7. The first kappa shape index (κ1) is 35.7. The molecule has 0 saturated carbocycles. The van der Waals surface area contributed by atoms with E-state index in [1.54, 1.807) is 0 Å². The maximum absolute atomic E-state index is 2.56. The van der Waals surface area contributed by atoms with Crippen LogP contribution in [-0.2, 0) is 5.41 Å². The third-order valence-corrected chi connectivity index (χ3v) is 13.9. The van der Waals surface area contributed by atoms with Crippen LogP contribution in [0.1, 0.15) is 22.3 Å². The van der Waals surface area contributed by atoms with Gasteiger partial charge in [-0.1, -0.05) is 231 Å². The highest BCUT2D eigenvalue weighted by molar-refractivity contribution is 6.24. The molecule has 0 saturated heterocycles. The lowest BCUT2D eigenvalue weighted by molar-refractivity contribution is 0.777. The number of hydrogen-bond acceptors (Lipinski definition) is 0. The largest absolute Gasteiger partial charge is 0.0720 e. The van der Waals surface area contributed by atoms with E-state index in [1.807, 2.05) is 0 Å². The van der Waals surface area contributed by atoms with Gasteiger partial charge in [-0.15, -0.1) is 0 Å². The van der Waals surface area contributed by atoms with Crippen molar-refractivity contribution < 1.29 is 0 Å². The van der Waals surface area contributed by atoms with Gasteiger partial charge in [-0.25, -0.2) is 0 Å². The van der Waals surface area contributed by atoms with E-state index in [2.05, 4.69) is 243 Å². The van der Waals surface area contributed by atoms with Crippen molar-refractivity contribution in [2.75, 3.05) is 0 Å². The Kier molecular flexibility index (Phi) is 7.92. The monoisotopic (exact) mass is 796 g/mol. The Morgan fingerprint density at radius 3 is 1.13 bits per heavy atom. The van der Waals surface area contributed by atoms with E-state index in [0.717, 1.165) is 0 Å². The molecule has 0 amide bonds. The predicted molar refractivity (Wildman–Crippen MR) is 268 cm³/mol. The molecule has 292 valence electrons. The number of benzene rings is 12. The topological polar surface area (TPSA) is 0 Å². The van der Waals surface area contributed by atoms with E-state index in [1.165, 1.54) is 121 Å². The Bertz CT molecular complexity index is 3670. The van der Waals surface area contributed by atoms with Crippen molar-refractivity contribution in [2.24, 2.45) is 0 Å². The Balaban J connectivity index is 1.16. The molecule has 0 fully saturated rings. The van der Waals surface area contributed by atoms with Crippen molar-refractivity contribution in [3.05, 3.63) is 265 Å². The van der Waals surface area contributed by atoms with Crippen LogP contribution >= 0.6 is 0 Å². The lowest BCUT2D eigenvalue weighted by Gasteiger charge is -2.35. The lowest BCUT2D eigenvalue weighted by Crippen LogP contribution is -2.29. The molecule has 0 unspecified atom stereocenters. The molecule has 63 heavy (non-hydrogen) atoms. The van der Waals surface area contributed by atoms with Crippen molar-refractivity contribution in [1.82, 2.24) is 0 Å². The molecule has 0 heterocycles. The molecular weight excluding hydrogens is 757 g/mol. The van der Waals surface area contributed by atoms with Crippen LogP contribution < -0.4 is 0 Å². The normalized spacial score (nSPS) is 12.9. The second-order valence-electron chi connectivity index (χ2n) is 17.0. The van der Waals surface area contributed by atoms with Gasteiger partial charge in [0.05, 0.1) is 5.41 Å². The van der Waals surface area contributed by atoms with Crippen LogP contribution in [0.3, 0.4) is 0 Å². The zero-order chi connectivity index (χ0) is 41.5. The van der Waals surface area contributed by atoms with Gasteiger partial charge in [-0.2, -0.15) is 0 Å². The SMILES string of the molecule is c1ccc(-c2c3ccccc3c(-c3cccc(-c4cc5c(c6ccccc46)-c4c(c6ccccc6c6ccccc46)C5(c4ccccc4)c4ccccc4)c3)c3ccccc23)cc1. The van der Waals surface area contributed by atoms with Crippen LogP contribution in [0.4, 0.5) is 0 Å². The maximum Gasteiger partial charge on any atom is 0.0720 e. The zero-order valence-corrected chi connectivity index (χ0v) is 34.6. The lowest BCUT2D eigenvalue weighted by atomic mass is 9.66. The minimum Gasteiger partial charge on any atom is -0.0622 e. The van der Waals surface area contributed by atoms with Crippen LogP contribution in [0.15, 0.2) is 243 Å². The molecule has 0 atom stereocenters. The summed E-state index contributed by atoms with van der Waals surface area (Å²) in [7, 11) is 0. The first-order chi connectivity index (χ1) is 31.3. The third kappa shape index (κ3) is 5.10. The van der Waals surface area contributed by atoms with Gasteiger partial charge in [0.15, 0.2) is 0 Å². The first-order valence-corrected chi connectivity index (χ1v) is 22.0. The predicted octanol–water partition coefficient (Wildman–Crippen LogP) is 16.8. The summed E-state index contributed by atoms with van der Waals surface area (Å²) in [5.74, 6) is 0. The van der Waals surface area contributed by atoms with Crippen LogP contribution in [0.5, 0.6) is 0 Å².